The molecule has 1 spiro atoms. The van der Waals surface area contributed by atoms with Gasteiger partial charge >= 0.3 is 5.97 Å². The number of ether oxygens (including phenoxy) is 4. The third-order valence-corrected chi connectivity index (χ3v) is 9.66. The van der Waals surface area contributed by atoms with Gasteiger partial charge in [-0.15, -0.1) is 0 Å². The number of hydrogen-bond donors (Lipinski definition) is 6. The third kappa shape index (κ3) is 8.28. The average Bonchev–Trinajstić information content (AvgIpc) is 3.48. The normalized spacial score (nSPS) is 13.2. The van der Waals surface area contributed by atoms with Gasteiger partial charge in [0.15, 0.2) is 5.60 Å². The number of hydrogen-bond acceptors (Lipinski definition) is 11. The van der Waals surface area contributed by atoms with Crippen LogP contribution in [0.5, 0.6) is 34.5 Å². The fourth-order valence-electron chi connectivity index (χ4n) is 6.85. The molecule has 0 bridgehead atoms. The molecule has 14 nitrogen and oxygen atoms in total. The van der Waals surface area contributed by atoms with Crippen LogP contribution in [0.2, 0.25) is 0 Å². The van der Waals surface area contributed by atoms with Gasteiger partial charge in [0, 0.05) is 46.5 Å². The van der Waals surface area contributed by atoms with E-state index in [0.717, 1.165) is 5.56 Å². The molecule has 0 radical (unpaired) electrons. The number of carbonyl (C=O) groups excluding carboxylic acids is 4. The summed E-state index contributed by atoms with van der Waals surface area (Å²) in [5.41, 5.74) is 7.74. The van der Waals surface area contributed by atoms with Crippen molar-refractivity contribution < 1.29 is 48.3 Å². The summed E-state index contributed by atoms with van der Waals surface area (Å²) in [4.78, 5) is 52.0. The second kappa shape index (κ2) is 16.3. The predicted octanol–water partition coefficient (Wildman–Crippen LogP) is 6.81. The Morgan fingerprint density at radius 2 is 1.34 bits per heavy atom. The standard InChI is InChI=1S/C45H44N4O10/c1-24(2)22-56-39-15-26(20-47-35-14-7-27(42(46)53)17-40(35)57-23-25(3)4)5-13-36(39)49-41(52)21-48-43(54)28-6-10-31-34(16-28)45(59-44(31)55)32-11-8-29(50)18-37(32)58-38-19-30(51)9-12-33(38)45/h5-19,24-25,47,50-51H,20-23H2,1-4H3,(H2,46,53)(H,48,54)(H,49,52). The van der Waals surface area contributed by atoms with Crippen molar-refractivity contribution in [2.75, 3.05) is 30.4 Å². The molecule has 0 aliphatic carbocycles. The van der Waals surface area contributed by atoms with Crippen molar-refractivity contribution in [3.05, 3.63) is 130 Å². The van der Waals surface area contributed by atoms with Crippen LogP contribution in [0, 0.1) is 11.8 Å². The number of esters is 1. The topological polar surface area (TPSA) is 208 Å². The van der Waals surface area contributed by atoms with Crippen LogP contribution in [0.3, 0.4) is 0 Å². The van der Waals surface area contributed by atoms with E-state index in [2.05, 4.69) is 16.0 Å². The number of benzene rings is 5. The van der Waals surface area contributed by atoms with E-state index in [4.69, 9.17) is 24.7 Å². The average molecular weight is 801 g/mol. The maximum absolute atomic E-state index is 13.6. The summed E-state index contributed by atoms with van der Waals surface area (Å²) in [6.07, 6.45) is 0. The molecule has 304 valence electrons. The van der Waals surface area contributed by atoms with E-state index in [9.17, 15) is 29.4 Å². The first-order chi connectivity index (χ1) is 28.2. The third-order valence-electron chi connectivity index (χ3n) is 9.66. The molecule has 0 saturated heterocycles. The number of nitrogens with two attached hydrogens (primary N) is 1. The summed E-state index contributed by atoms with van der Waals surface area (Å²) in [5, 5.41) is 29.3. The van der Waals surface area contributed by atoms with Crippen LogP contribution in [-0.4, -0.2) is 53.7 Å². The van der Waals surface area contributed by atoms with Crippen LogP contribution in [-0.2, 0) is 21.7 Å². The lowest BCUT2D eigenvalue weighted by Crippen LogP contribution is -2.34. The van der Waals surface area contributed by atoms with Crippen molar-refractivity contribution >= 4 is 35.1 Å². The highest BCUT2D eigenvalue weighted by atomic mass is 16.6. The number of fused-ring (bicyclic) bond motifs is 6. The van der Waals surface area contributed by atoms with Gasteiger partial charge in [0.1, 0.15) is 34.5 Å². The Hall–Kier alpha value is -7.22. The quantitative estimate of drug-likeness (QED) is 0.0643. The number of phenols is 2. The fraction of sp³-hybridized carbons (Fsp3) is 0.244. The van der Waals surface area contributed by atoms with Crippen molar-refractivity contribution in [3.63, 3.8) is 0 Å². The molecule has 2 aliphatic heterocycles. The predicted molar refractivity (Wildman–Crippen MR) is 218 cm³/mol. The second-order valence-corrected chi connectivity index (χ2v) is 15.2. The summed E-state index contributed by atoms with van der Waals surface area (Å²) in [5.74, 6) is -0.667. The summed E-state index contributed by atoms with van der Waals surface area (Å²) in [6.45, 7) is 8.87. The molecule has 3 amide bonds. The number of amides is 3. The zero-order valence-electron chi connectivity index (χ0n) is 32.9. The van der Waals surface area contributed by atoms with Crippen LogP contribution in [0.1, 0.15) is 81.0 Å². The Balaban J connectivity index is 1.07. The number of nitrogens with one attached hydrogen (secondary N) is 3. The molecular weight excluding hydrogens is 757 g/mol. The van der Waals surface area contributed by atoms with Gasteiger partial charge < -0.3 is 50.8 Å². The number of rotatable bonds is 14. The molecule has 0 fully saturated rings. The molecule has 5 aromatic carbocycles. The minimum atomic E-state index is -1.56. The second-order valence-electron chi connectivity index (χ2n) is 15.2. The van der Waals surface area contributed by atoms with Crippen molar-refractivity contribution in [1.82, 2.24) is 5.32 Å². The highest BCUT2D eigenvalue weighted by Crippen LogP contribution is 2.57. The molecule has 0 aromatic heterocycles. The largest absolute Gasteiger partial charge is 0.508 e. The monoisotopic (exact) mass is 800 g/mol. The minimum Gasteiger partial charge on any atom is -0.508 e. The zero-order valence-corrected chi connectivity index (χ0v) is 32.9. The Labute approximate surface area is 340 Å². The molecule has 2 heterocycles. The van der Waals surface area contributed by atoms with Gasteiger partial charge in [-0.05, 0) is 90.2 Å². The van der Waals surface area contributed by atoms with E-state index in [1.807, 2.05) is 39.8 Å². The van der Waals surface area contributed by atoms with E-state index < -0.39 is 29.3 Å². The molecule has 5 aromatic rings. The molecule has 0 unspecified atom stereocenters. The van der Waals surface area contributed by atoms with Crippen LogP contribution < -0.4 is 35.9 Å². The number of anilines is 2. The van der Waals surface area contributed by atoms with Crippen LogP contribution in [0.15, 0.2) is 91.0 Å². The highest BCUT2D eigenvalue weighted by Gasteiger charge is 2.54. The molecule has 2 aliphatic rings. The number of carbonyl (C=O) groups is 4. The molecule has 0 saturated carbocycles. The van der Waals surface area contributed by atoms with E-state index in [1.54, 1.807) is 36.4 Å². The summed E-state index contributed by atoms with van der Waals surface area (Å²) in [7, 11) is 0. The van der Waals surface area contributed by atoms with Crippen molar-refractivity contribution in [2.45, 2.75) is 39.8 Å². The van der Waals surface area contributed by atoms with E-state index in [1.165, 1.54) is 42.5 Å². The number of primary amides is 1. The Kier molecular flexibility index (Phi) is 11.1. The molecule has 59 heavy (non-hydrogen) atoms. The summed E-state index contributed by atoms with van der Waals surface area (Å²) in [6, 6.07) is 23.6. The van der Waals surface area contributed by atoms with Crippen molar-refractivity contribution in [2.24, 2.45) is 17.6 Å². The summed E-state index contributed by atoms with van der Waals surface area (Å²) < 4.78 is 24.2. The molecule has 7 rings (SSSR count). The van der Waals surface area contributed by atoms with Crippen LogP contribution in [0.4, 0.5) is 11.4 Å². The van der Waals surface area contributed by atoms with Gasteiger partial charge in [-0.25, -0.2) is 4.79 Å². The van der Waals surface area contributed by atoms with E-state index in [0.29, 0.717) is 64.9 Å². The summed E-state index contributed by atoms with van der Waals surface area (Å²) >= 11 is 0. The van der Waals surface area contributed by atoms with Gasteiger partial charge in [0.05, 0.1) is 36.7 Å². The molecule has 14 heteroatoms. The smallest absolute Gasteiger partial charge is 0.340 e. The first-order valence-corrected chi connectivity index (χ1v) is 19.1. The highest BCUT2D eigenvalue weighted by molar-refractivity contribution is 6.02. The minimum absolute atomic E-state index is 0.0861. The number of phenolic OH excluding ortho intramolecular Hbond substituents is 2. The van der Waals surface area contributed by atoms with E-state index in [-0.39, 0.29) is 52.5 Å². The fourth-order valence-corrected chi connectivity index (χ4v) is 6.85. The van der Waals surface area contributed by atoms with Gasteiger partial charge in [0.25, 0.3) is 5.91 Å². The van der Waals surface area contributed by atoms with Gasteiger partial charge in [-0.3, -0.25) is 14.4 Å². The lowest BCUT2D eigenvalue weighted by atomic mass is 9.77. The Morgan fingerprint density at radius 1 is 0.729 bits per heavy atom. The Bertz CT molecular complexity index is 2430. The molecular formula is C45H44N4O10. The SMILES string of the molecule is CC(C)COc1cc(C(N)=O)ccc1NCc1ccc(NC(=O)CNC(=O)c2ccc3c(c2)C2(OC3=O)c3ccc(O)cc3Oc3cc(O)ccc32)c(OCC(C)C)c1. The van der Waals surface area contributed by atoms with Crippen LogP contribution >= 0.6 is 0 Å². The zero-order chi connectivity index (χ0) is 42.0. The van der Waals surface area contributed by atoms with Gasteiger partial charge in [-0.1, -0.05) is 33.8 Å². The van der Waals surface area contributed by atoms with Crippen molar-refractivity contribution in [3.8, 4) is 34.5 Å². The first-order valence-electron chi connectivity index (χ1n) is 19.1. The van der Waals surface area contributed by atoms with Gasteiger partial charge in [0.2, 0.25) is 11.8 Å². The van der Waals surface area contributed by atoms with E-state index >= 15 is 0 Å². The maximum atomic E-state index is 13.6. The molecule has 0 atom stereocenters. The lowest BCUT2D eigenvalue weighted by molar-refractivity contribution is -0.115. The number of aromatic hydroxyl groups is 2. The van der Waals surface area contributed by atoms with Gasteiger partial charge in [-0.2, -0.15) is 0 Å². The van der Waals surface area contributed by atoms with Crippen molar-refractivity contribution in [1.29, 1.82) is 0 Å². The Morgan fingerprint density at radius 3 is 1.97 bits per heavy atom. The lowest BCUT2D eigenvalue weighted by Gasteiger charge is -2.36. The maximum Gasteiger partial charge on any atom is 0.340 e. The molecule has 7 N–H and O–H groups in total. The van der Waals surface area contributed by atoms with Crippen LogP contribution in [0.25, 0.3) is 0 Å². The first kappa shape index (κ1) is 40.0.